The number of amides is 1. The number of alkyl halides is 3. The van der Waals surface area contributed by atoms with E-state index in [1.807, 2.05) is 11.8 Å². The third-order valence-electron chi connectivity index (χ3n) is 3.96. The van der Waals surface area contributed by atoms with Crippen LogP contribution in [0.1, 0.15) is 38.2 Å². The van der Waals surface area contributed by atoms with Gasteiger partial charge in [-0.15, -0.1) is 0 Å². The SMILES string of the molecule is CCC1CCCCN1C(=O)COc1ccc(C(F)(F)F)cc1. The summed E-state index contributed by atoms with van der Waals surface area (Å²) in [6.45, 7) is 2.64. The largest absolute Gasteiger partial charge is 0.484 e. The number of hydrogen-bond donors (Lipinski definition) is 0. The average Bonchev–Trinajstić information content (AvgIpc) is 2.52. The van der Waals surface area contributed by atoms with Crippen molar-refractivity contribution in [1.29, 1.82) is 0 Å². The summed E-state index contributed by atoms with van der Waals surface area (Å²) in [4.78, 5) is 14.0. The molecular weight excluding hydrogens is 295 g/mol. The molecule has 1 heterocycles. The van der Waals surface area contributed by atoms with E-state index in [2.05, 4.69) is 0 Å². The Morgan fingerprint density at radius 3 is 2.55 bits per heavy atom. The normalized spacial score (nSPS) is 19.1. The van der Waals surface area contributed by atoms with Crippen molar-refractivity contribution in [3.8, 4) is 5.75 Å². The Balaban J connectivity index is 1.90. The van der Waals surface area contributed by atoms with E-state index in [0.717, 1.165) is 44.4 Å². The van der Waals surface area contributed by atoms with E-state index < -0.39 is 11.7 Å². The molecular formula is C16H20F3NO2. The summed E-state index contributed by atoms with van der Waals surface area (Å²) in [5.74, 6) is 0.165. The fourth-order valence-corrected chi connectivity index (χ4v) is 2.72. The topological polar surface area (TPSA) is 29.5 Å². The van der Waals surface area contributed by atoms with Gasteiger partial charge in [0, 0.05) is 12.6 Å². The van der Waals surface area contributed by atoms with Crippen LogP contribution in [0.3, 0.4) is 0 Å². The lowest BCUT2D eigenvalue weighted by Gasteiger charge is -2.35. The van der Waals surface area contributed by atoms with Crippen molar-refractivity contribution in [3.63, 3.8) is 0 Å². The number of benzene rings is 1. The summed E-state index contributed by atoms with van der Waals surface area (Å²) in [5, 5.41) is 0. The number of ether oxygens (including phenoxy) is 1. The fraction of sp³-hybridized carbons (Fsp3) is 0.562. The van der Waals surface area contributed by atoms with Crippen molar-refractivity contribution in [3.05, 3.63) is 29.8 Å². The van der Waals surface area contributed by atoms with E-state index in [1.54, 1.807) is 0 Å². The van der Waals surface area contributed by atoms with E-state index in [1.165, 1.54) is 12.1 Å². The summed E-state index contributed by atoms with van der Waals surface area (Å²) in [5.41, 5.74) is -0.728. The van der Waals surface area contributed by atoms with Crippen LogP contribution in [-0.4, -0.2) is 30.0 Å². The van der Waals surface area contributed by atoms with Crippen LogP contribution >= 0.6 is 0 Å². The molecule has 3 nitrogen and oxygen atoms in total. The summed E-state index contributed by atoms with van der Waals surface area (Å²) in [7, 11) is 0. The Hall–Kier alpha value is -1.72. The van der Waals surface area contributed by atoms with Crippen LogP contribution in [0.4, 0.5) is 13.2 Å². The predicted octanol–water partition coefficient (Wildman–Crippen LogP) is 3.88. The summed E-state index contributed by atoms with van der Waals surface area (Å²) < 4.78 is 42.7. The number of piperidine rings is 1. The van der Waals surface area contributed by atoms with Crippen LogP contribution in [0.2, 0.25) is 0 Å². The Bertz CT molecular complexity index is 499. The third-order valence-corrected chi connectivity index (χ3v) is 3.96. The fourth-order valence-electron chi connectivity index (χ4n) is 2.72. The van der Waals surface area contributed by atoms with Gasteiger partial charge in [-0.2, -0.15) is 13.2 Å². The molecule has 1 aliphatic rings. The number of rotatable bonds is 4. The molecule has 1 fully saturated rings. The highest BCUT2D eigenvalue weighted by atomic mass is 19.4. The summed E-state index contributed by atoms with van der Waals surface area (Å²) in [6.07, 6.45) is -0.338. The minimum absolute atomic E-state index is 0.105. The first-order valence-corrected chi connectivity index (χ1v) is 7.51. The maximum Gasteiger partial charge on any atom is 0.416 e. The third kappa shape index (κ3) is 4.15. The molecule has 0 radical (unpaired) electrons. The monoisotopic (exact) mass is 315 g/mol. The molecule has 0 N–H and O–H groups in total. The van der Waals surface area contributed by atoms with Gasteiger partial charge in [0.2, 0.25) is 0 Å². The van der Waals surface area contributed by atoms with Crippen LogP contribution in [0.15, 0.2) is 24.3 Å². The van der Waals surface area contributed by atoms with Crippen molar-refractivity contribution in [2.45, 2.75) is 44.8 Å². The van der Waals surface area contributed by atoms with Crippen LogP contribution < -0.4 is 4.74 Å². The highest BCUT2D eigenvalue weighted by Crippen LogP contribution is 2.30. The van der Waals surface area contributed by atoms with Crippen LogP contribution in [-0.2, 0) is 11.0 Å². The lowest BCUT2D eigenvalue weighted by atomic mass is 10.00. The Morgan fingerprint density at radius 2 is 1.95 bits per heavy atom. The number of likely N-dealkylation sites (tertiary alicyclic amines) is 1. The lowest BCUT2D eigenvalue weighted by Crippen LogP contribution is -2.45. The smallest absolute Gasteiger partial charge is 0.416 e. The van der Waals surface area contributed by atoms with Gasteiger partial charge in [0.05, 0.1) is 5.56 Å². The summed E-state index contributed by atoms with van der Waals surface area (Å²) >= 11 is 0. The van der Waals surface area contributed by atoms with Crippen molar-refractivity contribution in [2.24, 2.45) is 0 Å². The van der Waals surface area contributed by atoms with Crippen molar-refractivity contribution < 1.29 is 22.7 Å². The molecule has 0 spiro atoms. The zero-order chi connectivity index (χ0) is 16.2. The van der Waals surface area contributed by atoms with Gasteiger partial charge >= 0.3 is 6.18 Å². The average molecular weight is 315 g/mol. The molecule has 1 unspecified atom stereocenters. The molecule has 0 aliphatic carbocycles. The van der Waals surface area contributed by atoms with E-state index in [0.29, 0.717) is 0 Å². The number of hydrogen-bond acceptors (Lipinski definition) is 2. The first kappa shape index (κ1) is 16.6. The minimum atomic E-state index is -4.36. The van der Waals surface area contributed by atoms with Crippen LogP contribution in [0.25, 0.3) is 0 Å². The number of carbonyl (C=O) groups excluding carboxylic acids is 1. The molecule has 1 aliphatic heterocycles. The maximum atomic E-state index is 12.5. The second kappa shape index (κ2) is 7.03. The minimum Gasteiger partial charge on any atom is -0.484 e. The highest BCUT2D eigenvalue weighted by molar-refractivity contribution is 5.78. The van der Waals surface area contributed by atoms with Gasteiger partial charge < -0.3 is 9.64 Å². The van der Waals surface area contributed by atoms with E-state index in [-0.39, 0.29) is 24.3 Å². The zero-order valence-electron chi connectivity index (χ0n) is 12.5. The molecule has 1 saturated heterocycles. The molecule has 22 heavy (non-hydrogen) atoms. The molecule has 6 heteroatoms. The standard InChI is InChI=1S/C16H20F3NO2/c1-2-13-5-3-4-10-20(13)15(21)11-22-14-8-6-12(7-9-14)16(17,18)19/h6-9,13H,2-5,10-11H2,1H3. The van der Waals surface area contributed by atoms with Gasteiger partial charge in [-0.05, 0) is 49.9 Å². The zero-order valence-corrected chi connectivity index (χ0v) is 12.5. The van der Waals surface area contributed by atoms with E-state index >= 15 is 0 Å². The Morgan fingerprint density at radius 1 is 1.27 bits per heavy atom. The van der Waals surface area contributed by atoms with Gasteiger partial charge in [0.25, 0.3) is 5.91 Å². The molecule has 2 rings (SSSR count). The van der Waals surface area contributed by atoms with Gasteiger partial charge in [-0.25, -0.2) is 0 Å². The molecule has 0 aromatic heterocycles. The van der Waals surface area contributed by atoms with Gasteiger partial charge in [-0.3, -0.25) is 4.79 Å². The maximum absolute atomic E-state index is 12.5. The van der Waals surface area contributed by atoms with E-state index in [9.17, 15) is 18.0 Å². The Labute approximate surface area is 128 Å². The number of carbonyl (C=O) groups is 1. The molecule has 0 bridgehead atoms. The lowest BCUT2D eigenvalue weighted by molar-refractivity contribution is -0.138. The number of halogens is 3. The summed E-state index contributed by atoms with van der Waals surface area (Å²) in [6, 6.07) is 4.63. The molecule has 1 aromatic carbocycles. The second-order valence-corrected chi connectivity index (χ2v) is 5.46. The molecule has 1 aromatic rings. The predicted molar refractivity (Wildman–Crippen MR) is 76.6 cm³/mol. The van der Waals surface area contributed by atoms with E-state index in [4.69, 9.17) is 4.74 Å². The first-order valence-electron chi connectivity index (χ1n) is 7.51. The number of nitrogens with zero attached hydrogens (tertiary/aromatic N) is 1. The highest BCUT2D eigenvalue weighted by Gasteiger charge is 2.30. The molecule has 1 amide bonds. The van der Waals surface area contributed by atoms with Gasteiger partial charge in [0.15, 0.2) is 6.61 Å². The molecule has 122 valence electrons. The van der Waals surface area contributed by atoms with Crippen LogP contribution in [0.5, 0.6) is 5.75 Å². The quantitative estimate of drug-likeness (QED) is 0.844. The van der Waals surface area contributed by atoms with Crippen LogP contribution in [0, 0.1) is 0 Å². The molecule has 0 saturated carbocycles. The van der Waals surface area contributed by atoms with Crippen molar-refractivity contribution >= 4 is 5.91 Å². The van der Waals surface area contributed by atoms with Gasteiger partial charge in [-0.1, -0.05) is 6.92 Å². The van der Waals surface area contributed by atoms with Gasteiger partial charge in [0.1, 0.15) is 5.75 Å². The molecule has 1 atom stereocenters. The second-order valence-electron chi connectivity index (χ2n) is 5.46. The first-order chi connectivity index (χ1) is 10.4. The van der Waals surface area contributed by atoms with Crippen molar-refractivity contribution in [1.82, 2.24) is 4.90 Å². The van der Waals surface area contributed by atoms with Crippen molar-refractivity contribution in [2.75, 3.05) is 13.2 Å². The Kier molecular flexibility index (Phi) is 5.32.